The monoisotopic (exact) mass is 398 g/mol. The number of nitrogens with zero attached hydrogens (tertiary/aromatic N) is 3. The van der Waals surface area contributed by atoms with Gasteiger partial charge in [0.15, 0.2) is 0 Å². The van der Waals surface area contributed by atoms with Crippen molar-refractivity contribution < 1.29 is 5.11 Å². The second-order valence-corrected chi connectivity index (χ2v) is 8.16. The van der Waals surface area contributed by atoms with E-state index in [1.807, 2.05) is 42.9 Å². The van der Waals surface area contributed by atoms with Gasteiger partial charge in [-0.2, -0.15) is 0 Å². The molecular formula is C25H26N4O. The number of rotatable bonds is 5. The fourth-order valence-electron chi connectivity index (χ4n) is 4.40. The maximum atomic E-state index is 9.25. The van der Waals surface area contributed by atoms with Crippen LogP contribution in [0.4, 0.5) is 0 Å². The SMILES string of the molecule is OCc1ccc(-c2cncc([C@@H]3CCCN(Cc4ccc5[nH]ccc5c4)C3)n2)cc1. The molecule has 5 heteroatoms. The number of benzene rings is 2. The number of aliphatic hydroxyl groups excluding tert-OH is 1. The zero-order valence-corrected chi connectivity index (χ0v) is 17.0. The van der Waals surface area contributed by atoms with Gasteiger partial charge in [-0.1, -0.05) is 30.3 Å². The van der Waals surface area contributed by atoms with E-state index in [4.69, 9.17) is 4.98 Å². The third kappa shape index (κ3) is 3.99. The minimum Gasteiger partial charge on any atom is -0.392 e. The number of hydrogen-bond acceptors (Lipinski definition) is 4. The Morgan fingerprint density at radius 1 is 1.03 bits per heavy atom. The molecule has 2 aromatic carbocycles. The number of aromatic nitrogens is 3. The van der Waals surface area contributed by atoms with Gasteiger partial charge >= 0.3 is 0 Å². The summed E-state index contributed by atoms with van der Waals surface area (Å²) < 4.78 is 0. The largest absolute Gasteiger partial charge is 0.392 e. The van der Waals surface area contributed by atoms with E-state index in [9.17, 15) is 5.11 Å². The Kier molecular flexibility index (Phi) is 5.30. The van der Waals surface area contributed by atoms with Gasteiger partial charge in [-0.15, -0.1) is 0 Å². The minimum absolute atomic E-state index is 0.0565. The highest BCUT2D eigenvalue weighted by Gasteiger charge is 2.23. The third-order valence-corrected chi connectivity index (χ3v) is 6.03. The highest BCUT2D eigenvalue weighted by Crippen LogP contribution is 2.28. The smallest absolute Gasteiger partial charge is 0.0888 e. The molecule has 0 unspecified atom stereocenters. The molecule has 1 aliphatic heterocycles. The number of piperidine rings is 1. The van der Waals surface area contributed by atoms with E-state index in [0.717, 1.165) is 48.6 Å². The predicted octanol–water partition coefficient (Wildman–Crippen LogP) is 4.50. The molecule has 1 fully saturated rings. The Hall–Kier alpha value is -3.02. The van der Waals surface area contributed by atoms with Crippen molar-refractivity contribution in [2.24, 2.45) is 0 Å². The molecular weight excluding hydrogens is 372 g/mol. The molecule has 5 rings (SSSR count). The highest BCUT2D eigenvalue weighted by atomic mass is 16.3. The van der Waals surface area contributed by atoms with Gasteiger partial charge in [0.25, 0.3) is 0 Å². The summed E-state index contributed by atoms with van der Waals surface area (Å²) in [6.45, 7) is 3.15. The van der Waals surface area contributed by atoms with Crippen molar-refractivity contribution in [2.45, 2.75) is 31.9 Å². The lowest BCUT2D eigenvalue weighted by Crippen LogP contribution is -2.34. The average molecular weight is 399 g/mol. The van der Waals surface area contributed by atoms with Crippen LogP contribution in [0.1, 0.15) is 35.6 Å². The van der Waals surface area contributed by atoms with Crippen LogP contribution in [0.15, 0.2) is 67.1 Å². The van der Waals surface area contributed by atoms with E-state index in [1.165, 1.54) is 22.9 Å². The molecule has 152 valence electrons. The second-order valence-electron chi connectivity index (χ2n) is 8.16. The summed E-state index contributed by atoms with van der Waals surface area (Å²) in [6.07, 6.45) is 8.06. The summed E-state index contributed by atoms with van der Waals surface area (Å²) in [7, 11) is 0. The predicted molar refractivity (Wildman–Crippen MR) is 119 cm³/mol. The molecule has 0 radical (unpaired) electrons. The van der Waals surface area contributed by atoms with Crippen LogP contribution in [0.2, 0.25) is 0 Å². The van der Waals surface area contributed by atoms with Gasteiger partial charge in [0.2, 0.25) is 0 Å². The van der Waals surface area contributed by atoms with Gasteiger partial charge < -0.3 is 10.1 Å². The van der Waals surface area contributed by atoms with Gasteiger partial charge in [-0.3, -0.25) is 9.88 Å². The van der Waals surface area contributed by atoms with Crippen LogP contribution in [0.3, 0.4) is 0 Å². The van der Waals surface area contributed by atoms with Crippen molar-refractivity contribution in [2.75, 3.05) is 13.1 Å². The molecule has 0 aliphatic carbocycles. The molecule has 1 saturated heterocycles. The Labute approximate surface area is 176 Å². The van der Waals surface area contributed by atoms with Crippen LogP contribution >= 0.6 is 0 Å². The molecule has 0 spiro atoms. The van der Waals surface area contributed by atoms with Gasteiger partial charge in [-0.25, -0.2) is 4.98 Å². The van der Waals surface area contributed by atoms with E-state index in [2.05, 4.69) is 39.1 Å². The van der Waals surface area contributed by atoms with Gasteiger partial charge in [0, 0.05) is 42.5 Å². The topological polar surface area (TPSA) is 65.0 Å². The lowest BCUT2D eigenvalue weighted by molar-refractivity contribution is 0.198. The summed E-state index contributed by atoms with van der Waals surface area (Å²) in [5, 5.41) is 10.5. The van der Waals surface area contributed by atoms with E-state index < -0.39 is 0 Å². The van der Waals surface area contributed by atoms with Crippen LogP contribution in [0.5, 0.6) is 0 Å². The summed E-state index contributed by atoms with van der Waals surface area (Å²) in [4.78, 5) is 15.2. The standard InChI is InChI=1S/C25H26N4O/c30-17-18-3-6-20(7-4-18)24-13-26-14-25(28-24)22-2-1-11-29(16-22)15-19-5-8-23-21(12-19)9-10-27-23/h3-10,12-14,22,27,30H,1-2,11,15-17H2/t22-/m1/s1. The lowest BCUT2D eigenvalue weighted by Gasteiger charge is -2.32. The number of aromatic amines is 1. The van der Waals surface area contributed by atoms with E-state index in [-0.39, 0.29) is 6.61 Å². The van der Waals surface area contributed by atoms with Gasteiger partial charge in [-0.05, 0) is 54.1 Å². The van der Waals surface area contributed by atoms with Crippen LogP contribution in [-0.4, -0.2) is 38.0 Å². The van der Waals surface area contributed by atoms with E-state index in [1.54, 1.807) is 0 Å². The summed E-state index contributed by atoms with van der Waals surface area (Å²) in [5.41, 5.74) is 6.45. The first-order valence-corrected chi connectivity index (χ1v) is 10.6. The van der Waals surface area contributed by atoms with Crippen molar-refractivity contribution in [3.05, 3.63) is 83.9 Å². The number of aliphatic hydroxyl groups is 1. The maximum Gasteiger partial charge on any atom is 0.0888 e. The average Bonchev–Trinajstić information content (AvgIpc) is 3.27. The van der Waals surface area contributed by atoms with Crippen molar-refractivity contribution >= 4 is 10.9 Å². The van der Waals surface area contributed by atoms with Crippen LogP contribution in [0.25, 0.3) is 22.2 Å². The maximum absolute atomic E-state index is 9.25. The van der Waals surface area contributed by atoms with E-state index >= 15 is 0 Å². The first kappa shape index (κ1) is 19.0. The molecule has 0 amide bonds. The molecule has 0 saturated carbocycles. The van der Waals surface area contributed by atoms with Crippen LogP contribution < -0.4 is 0 Å². The molecule has 2 N–H and O–H groups in total. The fourth-order valence-corrected chi connectivity index (χ4v) is 4.40. The first-order valence-electron chi connectivity index (χ1n) is 10.6. The summed E-state index contributed by atoms with van der Waals surface area (Å²) in [5.74, 6) is 0.402. The zero-order chi connectivity index (χ0) is 20.3. The molecule has 5 nitrogen and oxygen atoms in total. The zero-order valence-electron chi connectivity index (χ0n) is 17.0. The third-order valence-electron chi connectivity index (χ3n) is 6.03. The minimum atomic E-state index is 0.0565. The molecule has 0 bridgehead atoms. The van der Waals surface area contributed by atoms with Crippen molar-refractivity contribution in [3.63, 3.8) is 0 Å². The second kappa shape index (κ2) is 8.38. The Morgan fingerprint density at radius 3 is 2.77 bits per heavy atom. The summed E-state index contributed by atoms with van der Waals surface area (Å²) in [6, 6.07) is 16.7. The van der Waals surface area contributed by atoms with Gasteiger partial charge in [0.1, 0.15) is 0 Å². The number of likely N-dealkylation sites (tertiary alicyclic amines) is 1. The number of fused-ring (bicyclic) bond motifs is 1. The molecule has 4 aromatic rings. The normalized spacial score (nSPS) is 17.4. The molecule has 1 aliphatic rings. The lowest BCUT2D eigenvalue weighted by atomic mass is 9.94. The first-order chi connectivity index (χ1) is 14.8. The van der Waals surface area contributed by atoms with E-state index in [0.29, 0.717) is 5.92 Å². The molecule has 2 aromatic heterocycles. The number of nitrogens with one attached hydrogen (secondary N) is 1. The van der Waals surface area contributed by atoms with Gasteiger partial charge in [0.05, 0.1) is 24.2 Å². The highest BCUT2D eigenvalue weighted by molar-refractivity contribution is 5.79. The molecule has 1 atom stereocenters. The van der Waals surface area contributed by atoms with Crippen molar-refractivity contribution in [1.82, 2.24) is 19.9 Å². The quantitative estimate of drug-likeness (QED) is 0.520. The van der Waals surface area contributed by atoms with Crippen LogP contribution in [-0.2, 0) is 13.2 Å². The Bertz CT molecular complexity index is 1140. The van der Waals surface area contributed by atoms with Crippen molar-refractivity contribution in [3.8, 4) is 11.3 Å². The molecule has 3 heterocycles. The Morgan fingerprint density at radius 2 is 1.90 bits per heavy atom. The fraction of sp³-hybridized carbons (Fsp3) is 0.280. The van der Waals surface area contributed by atoms with Crippen LogP contribution in [0, 0.1) is 0 Å². The number of H-pyrrole nitrogens is 1. The van der Waals surface area contributed by atoms with Crippen molar-refractivity contribution in [1.29, 1.82) is 0 Å². The number of hydrogen-bond donors (Lipinski definition) is 2. The molecule has 30 heavy (non-hydrogen) atoms. The Balaban J connectivity index is 1.31. The summed E-state index contributed by atoms with van der Waals surface area (Å²) >= 11 is 0.